The van der Waals surface area contributed by atoms with Crippen LogP contribution in [-0.4, -0.2) is 0 Å². The van der Waals surface area contributed by atoms with Crippen LogP contribution in [0.25, 0.3) is 0 Å². The SMILES string of the molecule is CCCCCC(C)(C)c1ccc2c(c1)Sc1cc(C(C)(C)CCCCC)ccc1N2. The molecule has 0 bridgehead atoms. The zero-order valence-corrected chi connectivity index (χ0v) is 20.8. The summed E-state index contributed by atoms with van der Waals surface area (Å²) in [6.07, 6.45) is 10.4. The highest BCUT2D eigenvalue weighted by Gasteiger charge is 2.25. The van der Waals surface area contributed by atoms with Crippen LogP contribution in [0, 0.1) is 0 Å². The third kappa shape index (κ3) is 5.44. The molecule has 0 fully saturated rings. The smallest absolute Gasteiger partial charge is 0.0526 e. The normalized spacial score (nSPS) is 13.5. The molecule has 0 saturated carbocycles. The maximum Gasteiger partial charge on any atom is 0.0526 e. The van der Waals surface area contributed by atoms with Gasteiger partial charge < -0.3 is 5.32 Å². The largest absolute Gasteiger partial charge is 0.354 e. The molecule has 1 N–H and O–H groups in total. The molecule has 3 rings (SSSR count). The fourth-order valence-electron chi connectivity index (χ4n) is 4.45. The van der Waals surface area contributed by atoms with Crippen LogP contribution in [0.15, 0.2) is 46.2 Å². The van der Waals surface area contributed by atoms with Gasteiger partial charge in [-0.05, 0) is 59.1 Å². The van der Waals surface area contributed by atoms with Crippen LogP contribution in [0.5, 0.6) is 0 Å². The summed E-state index contributed by atoms with van der Waals surface area (Å²) >= 11 is 1.94. The molecule has 164 valence electrons. The molecule has 0 atom stereocenters. The summed E-state index contributed by atoms with van der Waals surface area (Å²) < 4.78 is 0. The summed E-state index contributed by atoms with van der Waals surface area (Å²) in [6.45, 7) is 14.2. The van der Waals surface area contributed by atoms with E-state index in [1.807, 2.05) is 11.8 Å². The second-order valence-corrected chi connectivity index (χ2v) is 11.4. The Bertz CT molecular complexity index is 780. The standard InChI is InChI=1S/C28H41NS/c1-7-9-11-17-27(3,4)21-13-15-23-25(19-21)30-26-20-22(14-16-24(26)29-23)28(5,6)18-12-10-8-2/h13-16,19-20,29H,7-12,17-18H2,1-6H3. The van der Waals surface area contributed by atoms with Crippen molar-refractivity contribution < 1.29 is 0 Å². The maximum atomic E-state index is 3.68. The first-order valence-corrected chi connectivity index (χ1v) is 12.8. The second kappa shape index (κ2) is 9.81. The summed E-state index contributed by atoms with van der Waals surface area (Å²) in [5.74, 6) is 0. The minimum absolute atomic E-state index is 0.230. The number of benzene rings is 2. The Labute approximate surface area is 189 Å². The molecule has 2 heteroatoms. The average molecular weight is 424 g/mol. The quantitative estimate of drug-likeness (QED) is 0.326. The summed E-state index contributed by atoms with van der Waals surface area (Å²) in [5, 5.41) is 3.68. The fraction of sp³-hybridized carbons (Fsp3) is 0.571. The van der Waals surface area contributed by atoms with E-state index in [1.54, 1.807) is 0 Å². The number of unbranched alkanes of at least 4 members (excludes halogenated alkanes) is 4. The van der Waals surface area contributed by atoms with Gasteiger partial charge in [0, 0.05) is 9.79 Å². The highest BCUT2D eigenvalue weighted by atomic mass is 32.2. The van der Waals surface area contributed by atoms with E-state index in [4.69, 9.17) is 0 Å². The molecule has 0 aliphatic carbocycles. The monoisotopic (exact) mass is 423 g/mol. The van der Waals surface area contributed by atoms with Gasteiger partial charge in [-0.15, -0.1) is 0 Å². The van der Waals surface area contributed by atoms with Crippen molar-refractivity contribution in [2.45, 2.75) is 114 Å². The number of nitrogens with one attached hydrogen (secondary N) is 1. The third-order valence-corrected chi connectivity index (χ3v) is 7.94. The van der Waals surface area contributed by atoms with Crippen molar-refractivity contribution in [3.63, 3.8) is 0 Å². The molecule has 1 nitrogen and oxygen atoms in total. The molecule has 0 radical (unpaired) electrons. The first-order valence-electron chi connectivity index (χ1n) is 12.0. The third-order valence-electron chi connectivity index (χ3n) is 6.83. The molecule has 1 aliphatic rings. The van der Waals surface area contributed by atoms with E-state index in [1.165, 1.54) is 83.7 Å². The molecule has 0 spiro atoms. The Morgan fingerprint density at radius 1 is 0.667 bits per heavy atom. The Morgan fingerprint density at radius 3 is 1.50 bits per heavy atom. The number of fused-ring (bicyclic) bond motifs is 2. The van der Waals surface area contributed by atoms with E-state index in [0.29, 0.717) is 0 Å². The van der Waals surface area contributed by atoms with Gasteiger partial charge in [0.05, 0.1) is 11.4 Å². The van der Waals surface area contributed by atoms with Gasteiger partial charge in [-0.25, -0.2) is 0 Å². The van der Waals surface area contributed by atoms with Crippen LogP contribution in [0.1, 0.15) is 104 Å². The van der Waals surface area contributed by atoms with Gasteiger partial charge in [-0.3, -0.25) is 0 Å². The van der Waals surface area contributed by atoms with E-state index in [2.05, 4.69) is 83.3 Å². The molecule has 2 aromatic rings. The lowest BCUT2D eigenvalue weighted by Crippen LogP contribution is -2.18. The van der Waals surface area contributed by atoms with Crippen molar-refractivity contribution in [1.29, 1.82) is 0 Å². The Balaban J connectivity index is 1.80. The summed E-state index contributed by atoms with van der Waals surface area (Å²) in [4.78, 5) is 2.73. The molecule has 0 saturated heterocycles. The lowest BCUT2D eigenvalue weighted by molar-refractivity contribution is 0.449. The highest BCUT2D eigenvalue weighted by molar-refractivity contribution is 7.99. The average Bonchev–Trinajstić information content (AvgIpc) is 2.71. The Kier molecular flexibility index (Phi) is 7.61. The van der Waals surface area contributed by atoms with Crippen LogP contribution in [-0.2, 0) is 10.8 Å². The van der Waals surface area contributed by atoms with E-state index in [-0.39, 0.29) is 10.8 Å². The van der Waals surface area contributed by atoms with Crippen LogP contribution >= 0.6 is 11.8 Å². The van der Waals surface area contributed by atoms with Crippen LogP contribution in [0.2, 0.25) is 0 Å². The molecule has 2 aromatic carbocycles. The molecule has 30 heavy (non-hydrogen) atoms. The molecular formula is C28H41NS. The van der Waals surface area contributed by atoms with Gasteiger partial charge in [-0.2, -0.15) is 0 Å². The summed E-state index contributed by atoms with van der Waals surface area (Å²) in [6, 6.07) is 14.1. The summed E-state index contributed by atoms with van der Waals surface area (Å²) in [7, 11) is 0. The fourth-order valence-corrected chi connectivity index (χ4v) is 5.51. The number of hydrogen-bond acceptors (Lipinski definition) is 2. The minimum Gasteiger partial charge on any atom is -0.354 e. The van der Waals surface area contributed by atoms with Crippen LogP contribution < -0.4 is 5.32 Å². The zero-order chi connectivity index (χ0) is 21.8. The maximum absolute atomic E-state index is 3.68. The topological polar surface area (TPSA) is 12.0 Å². The molecule has 1 aliphatic heterocycles. The first-order chi connectivity index (χ1) is 14.3. The minimum atomic E-state index is 0.230. The summed E-state index contributed by atoms with van der Waals surface area (Å²) in [5.41, 5.74) is 5.88. The van der Waals surface area contributed by atoms with Crippen molar-refractivity contribution in [2.24, 2.45) is 0 Å². The number of anilines is 2. The predicted molar refractivity (Wildman–Crippen MR) is 135 cm³/mol. The van der Waals surface area contributed by atoms with Crippen molar-refractivity contribution >= 4 is 23.1 Å². The van der Waals surface area contributed by atoms with Gasteiger partial charge in [0.2, 0.25) is 0 Å². The van der Waals surface area contributed by atoms with Gasteiger partial charge >= 0.3 is 0 Å². The van der Waals surface area contributed by atoms with Crippen LogP contribution in [0.3, 0.4) is 0 Å². The van der Waals surface area contributed by atoms with E-state index >= 15 is 0 Å². The highest BCUT2D eigenvalue weighted by Crippen LogP contribution is 2.47. The lowest BCUT2D eigenvalue weighted by atomic mass is 9.80. The van der Waals surface area contributed by atoms with Crippen LogP contribution in [0.4, 0.5) is 11.4 Å². The molecule has 0 amide bonds. The molecule has 1 heterocycles. The molecular weight excluding hydrogens is 382 g/mol. The Morgan fingerprint density at radius 2 is 1.10 bits per heavy atom. The van der Waals surface area contributed by atoms with E-state index in [9.17, 15) is 0 Å². The van der Waals surface area contributed by atoms with E-state index in [0.717, 1.165) is 0 Å². The molecule has 0 aromatic heterocycles. The van der Waals surface area contributed by atoms with Crippen molar-refractivity contribution in [3.05, 3.63) is 47.5 Å². The zero-order valence-electron chi connectivity index (χ0n) is 20.0. The van der Waals surface area contributed by atoms with Crippen molar-refractivity contribution in [3.8, 4) is 0 Å². The van der Waals surface area contributed by atoms with Gasteiger partial charge in [0.25, 0.3) is 0 Å². The van der Waals surface area contributed by atoms with Gasteiger partial charge in [0.1, 0.15) is 0 Å². The van der Waals surface area contributed by atoms with Gasteiger partial charge in [-0.1, -0.05) is 104 Å². The van der Waals surface area contributed by atoms with E-state index < -0.39 is 0 Å². The van der Waals surface area contributed by atoms with Gasteiger partial charge in [0.15, 0.2) is 0 Å². The predicted octanol–water partition coefficient (Wildman–Crippen LogP) is 9.61. The first kappa shape index (κ1) is 23.3. The lowest BCUT2D eigenvalue weighted by Gasteiger charge is -2.30. The number of hydrogen-bond donors (Lipinski definition) is 1. The second-order valence-electron chi connectivity index (χ2n) is 10.3. The number of rotatable bonds is 10. The van der Waals surface area contributed by atoms with Crippen molar-refractivity contribution in [1.82, 2.24) is 0 Å². The molecule has 0 unspecified atom stereocenters. The Hall–Kier alpha value is -1.41. The van der Waals surface area contributed by atoms with Crippen molar-refractivity contribution in [2.75, 3.05) is 5.32 Å².